The molecule has 2 N–H and O–H groups in total. The van der Waals surface area contributed by atoms with E-state index in [1.165, 1.54) is 6.33 Å². The Balaban J connectivity index is 1.52. The normalized spacial score (nSPS) is 11.0. The van der Waals surface area contributed by atoms with Gasteiger partial charge >= 0.3 is 5.97 Å². The van der Waals surface area contributed by atoms with Crippen molar-refractivity contribution in [2.45, 2.75) is 20.3 Å². The average Bonchev–Trinajstić information content (AvgIpc) is 3.35. The third kappa shape index (κ3) is 4.74. The molecule has 4 rings (SSSR count). The molecule has 0 atom stereocenters. The second-order valence-corrected chi connectivity index (χ2v) is 8.62. The monoisotopic (exact) mass is 487 g/mol. The van der Waals surface area contributed by atoms with E-state index < -0.39 is 5.97 Å². The molecular weight excluding hydrogens is 466 g/mol. The number of nitrogens with one attached hydrogen (secondary N) is 1. The summed E-state index contributed by atoms with van der Waals surface area (Å²) < 4.78 is 16.8. The first kappa shape index (κ1) is 22.9. The highest BCUT2D eigenvalue weighted by Gasteiger charge is 2.19. The zero-order chi connectivity index (χ0) is 23.5. The number of anilines is 1. The summed E-state index contributed by atoms with van der Waals surface area (Å²) in [4.78, 5) is 20.9. The smallest absolute Gasteiger partial charge is 0.349 e. The van der Waals surface area contributed by atoms with E-state index in [0.717, 1.165) is 28.0 Å². The molecule has 0 radical (unpaired) electrons. The van der Waals surface area contributed by atoms with E-state index in [-0.39, 0.29) is 4.88 Å². The summed E-state index contributed by atoms with van der Waals surface area (Å²) in [7, 11) is 1.58. The molecule has 10 heteroatoms. The minimum Gasteiger partial charge on any atom is -0.493 e. The van der Waals surface area contributed by atoms with Gasteiger partial charge in [-0.25, -0.2) is 14.8 Å². The number of nitrogens with zero attached hydrogens (tertiary/aromatic N) is 2. The molecule has 4 aromatic rings. The van der Waals surface area contributed by atoms with Crippen LogP contribution in [0.1, 0.15) is 27.9 Å². The molecule has 0 saturated heterocycles. The van der Waals surface area contributed by atoms with Crippen LogP contribution in [0.2, 0.25) is 5.02 Å². The number of ether oxygens (including phenoxy) is 2. The predicted octanol–water partition coefficient (Wildman–Crippen LogP) is 5.67. The molecule has 0 spiro atoms. The molecule has 3 aromatic heterocycles. The first-order chi connectivity index (χ1) is 15.9. The molecule has 0 aliphatic carbocycles. The molecule has 0 fully saturated rings. The Labute approximate surface area is 199 Å². The Morgan fingerprint density at radius 2 is 2.06 bits per heavy atom. The second kappa shape index (κ2) is 9.68. The van der Waals surface area contributed by atoms with Gasteiger partial charge in [0.25, 0.3) is 0 Å². The van der Waals surface area contributed by atoms with Gasteiger partial charge in [-0.05, 0) is 26.3 Å². The van der Waals surface area contributed by atoms with Gasteiger partial charge in [0.2, 0.25) is 0 Å². The highest BCUT2D eigenvalue weighted by molar-refractivity contribution is 7.17. The van der Waals surface area contributed by atoms with E-state index in [0.29, 0.717) is 58.1 Å². The third-order valence-corrected chi connectivity index (χ3v) is 6.38. The number of hydrogen-bond donors (Lipinski definition) is 2. The van der Waals surface area contributed by atoms with Crippen LogP contribution in [-0.2, 0) is 6.42 Å². The number of aromatic nitrogens is 2. The minimum absolute atomic E-state index is 0.149. The lowest BCUT2D eigenvalue weighted by Crippen LogP contribution is -2.07. The van der Waals surface area contributed by atoms with E-state index in [2.05, 4.69) is 15.3 Å². The number of methoxy groups -OCH3 is 1. The number of hydrogen-bond acceptors (Lipinski definition) is 8. The lowest BCUT2D eigenvalue weighted by Gasteiger charge is -2.07. The van der Waals surface area contributed by atoms with Gasteiger partial charge in [0.1, 0.15) is 23.7 Å². The van der Waals surface area contributed by atoms with Crippen molar-refractivity contribution in [1.29, 1.82) is 0 Å². The van der Waals surface area contributed by atoms with Gasteiger partial charge in [-0.2, -0.15) is 0 Å². The third-order valence-electron chi connectivity index (χ3n) is 5.04. The Bertz CT molecular complexity index is 1320. The quantitative estimate of drug-likeness (QED) is 0.311. The van der Waals surface area contributed by atoms with E-state index in [9.17, 15) is 9.90 Å². The van der Waals surface area contributed by atoms with Crippen LogP contribution in [0.5, 0.6) is 11.5 Å². The molecule has 33 heavy (non-hydrogen) atoms. The van der Waals surface area contributed by atoms with E-state index in [1.54, 1.807) is 25.3 Å². The molecule has 0 unspecified atom stereocenters. The maximum Gasteiger partial charge on any atom is 0.349 e. The summed E-state index contributed by atoms with van der Waals surface area (Å²) in [5, 5.41) is 14.2. The fourth-order valence-corrected chi connectivity index (χ4v) is 4.70. The Morgan fingerprint density at radius 3 is 2.79 bits per heavy atom. The zero-order valence-corrected chi connectivity index (χ0v) is 19.8. The number of aryl methyl sites for hydroxylation is 1. The number of rotatable bonds is 9. The van der Waals surface area contributed by atoms with Crippen LogP contribution in [0, 0.1) is 6.92 Å². The largest absolute Gasteiger partial charge is 0.493 e. The molecule has 0 aliphatic heterocycles. The van der Waals surface area contributed by atoms with Crippen molar-refractivity contribution < 1.29 is 23.8 Å². The molecule has 3 heterocycles. The van der Waals surface area contributed by atoms with E-state index in [4.69, 9.17) is 25.5 Å². The highest BCUT2D eigenvalue weighted by Crippen LogP contribution is 2.37. The van der Waals surface area contributed by atoms with Crippen molar-refractivity contribution in [2.75, 3.05) is 25.6 Å². The fraction of sp³-hybridized carbons (Fsp3) is 0.261. The van der Waals surface area contributed by atoms with Crippen LogP contribution < -0.4 is 14.8 Å². The van der Waals surface area contributed by atoms with Gasteiger partial charge in [-0.3, -0.25) is 0 Å². The Morgan fingerprint density at radius 1 is 1.24 bits per heavy atom. The second-order valence-electron chi connectivity index (χ2n) is 7.13. The predicted molar refractivity (Wildman–Crippen MR) is 128 cm³/mol. The number of fused-ring (bicyclic) bond motifs is 1. The first-order valence-electron chi connectivity index (χ1n) is 10.2. The summed E-state index contributed by atoms with van der Waals surface area (Å²) in [5.41, 5.74) is 2.33. The zero-order valence-electron chi connectivity index (χ0n) is 18.3. The number of halogens is 1. The molecule has 172 valence electrons. The van der Waals surface area contributed by atoms with Gasteiger partial charge < -0.3 is 24.3 Å². The van der Waals surface area contributed by atoms with Gasteiger partial charge in [-0.15, -0.1) is 11.3 Å². The molecule has 0 saturated carbocycles. The number of aromatic carboxylic acids is 1. The lowest BCUT2D eigenvalue weighted by atomic mass is 10.1. The number of furan rings is 1. The lowest BCUT2D eigenvalue weighted by molar-refractivity contribution is 0.0698. The molecule has 1 aromatic carbocycles. The van der Waals surface area contributed by atoms with Crippen LogP contribution in [0.25, 0.3) is 21.5 Å². The van der Waals surface area contributed by atoms with Crippen molar-refractivity contribution >= 4 is 45.7 Å². The van der Waals surface area contributed by atoms with Gasteiger partial charge in [0.05, 0.1) is 24.3 Å². The number of carboxylic acid groups (broad SMARTS) is 1. The maximum absolute atomic E-state index is 11.5. The molecule has 0 bridgehead atoms. The molecule has 0 amide bonds. The van der Waals surface area contributed by atoms with Crippen LogP contribution in [-0.4, -0.2) is 41.3 Å². The summed E-state index contributed by atoms with van der Waals surface area (Å²) in [6.07, 6.45) is 2.12. The van der Waals surface area contributed by atoms with Gasteiger partial charge in [0, 0.05) is 40.7 Å². The first-order valence-corrected chi connectivity index (χ1v) is 11.4. The standard InChI is InChI=1S/C23H22ClN3O5S/c1-4-31-18-10-19(33-22(18)23(28)29)16-9-20(27-11-26-16)25-6-5-14-12(2)32-21-15(14)7-13(24)8-17(21)30-3/h7-11H,4-6H2,1-3H3,(H,28,29)(H,25,26,27). The minimum atomic E-state index is -1.03. The van der Waals surface area contributed by atoms with Gasteiger partial charge in [-0.1, -0.05) is 11.6 Å². The number of carboxylic acids is 1. The molecular formula is C23H22ClN3O5S. The van der Waals surface area contributed by atoms with E-state index in [1.807, 2.05) is 19.9 Å². The van der Waals surface area contributed by atoms with Crippen molar-refractivity contribution in [1.82, 2.24) is 9.97 Å². The van der Waals surface area contributed by atoms with Crippen LogP contribution >= 0.6 is 22.9 Å². The van der Waals surface area contributed by atoms with Crippen molar-refractivity contribution in [2.24, 2.45) is 0 Å². The molecule has 8 nitrogen and oxygen atoms in total. The van der Waals surface area contributed by atoms with Gasteiger partial charge in [0.15, 0.2) is 16.2 Å². The topological polar surface area (TPSA) is 107 Å². The fourth-order valence-electron chi connectivity index (χ4n) is 3.58. The average molecular weight is 488 g/mol. The van der Waals surface area contributed by atoms with Crippen molar-refractivity contribution in [3.63, 3.8) is 0 Å². The highest BCUT2D eigenvalue weighted by atomic mass is 35.5. The van der Waals surface area contributed by atoms with Crippen molar-refractivity contribution in [3.05, 3.63) is 51.8 Å². The van der Waals surface area contributed by atoms with Crippen LogP contribution in [0.15, 0.2) is 35.0 Å². The van der Waals surface area contributed by atoms with Crippen LogP contribution in [0.4, 0.5) is 5.82 Å². The molecule has 0 aliphatic rings. The number of carbonyl (C=O) groups is 1. The number of thiophene rings is 1. The summed E-state index contributed by atoms with van der Waals surface area (Å²) in [5.74, 6) is 1.35. The SMILES string of the molecule is CCOc1cc(-c2cc(NCCc3c(C)oc4c(OC)cc(Cl)cc34)ncn2)sc1C(=O)O. The summed E-state index contributed by atoms with van der Waals surface area (Å²) in [6.45, 7) is 4.70. The summed E-state index contributed by atoms with van der Waals surface area (Å²) >= 11 is 7.36. The Kier molecular flexibility index (Phi) is 6.71. The van der Waals surface area contributed by atoms with E-state index >= 15 is 0 Å². The Hall–Kier alpha value is -3.30. The summed E-state index contributed by atoms with van der Waals surface area (Å²) in [6, 6.07) is 7.09. The number of benzene rings is 1. The van der Waals surface area contributed by atoms with Crippen LogP contribution in [0.3, 0.4) is 0 Å². The van der Waals surface area contributed by atoms with Crippen molar-refractivity contribution in [3.8, 4) is 22.1 Å². The maximum atomic E-state index is 11.5.